The van der Waals surface area contributed by atoms with Gasteiger partial charge in [-0.2, -0.15) is 0 Å². The van der Waals surface area contributed by atoms with Crippen molar-refractivity contribution in [1.29, 1.82) is 0 Å². The van der Waals surface area contributed by atoms with Crippen LogP contribution in [-0.4, -0.2) is 17.7 Å². The third-order valence-corrected chi connectivity index (χ3v) is 2.75. The van der Waals surface area contributed by atoms with Crippen LogP contribution in [0.2, 0.25) is 0 Å². The molecule has 1 aromatic heterocycles. The summed E-state index contributed by atoms with van der Waals surface area (Å²) in [6.45, 7) is 4.09. The Kier molecular flexibility index (Phi) is 3.77. The lowest BCUT2D eigenvalue weighted by Crippen LogP contribution is -2.02. The highest BCUT2D eigenvalue weighted by Gasteiger charge is 2.18. The fraction of sp³-hybridized carbons (Fsp3) is 0.286. The number of nitrogens with zero attached hydrogens (tertiary/aromatic N) is 1. The molecule has 0 N–H and O–H groups in total. The Morgan fingerprint density at radius 1 is 1.39 bits per heavy atom. The molecule has 0 radical (unpaired) electrons. The predicted molar refractivity (Wildman–Crippen MR) is 66.4 cm³/mol. The fourth-order valence-corrected chi connectivity index (χ4v) is 1.70. The summed E-state index contributed by atoms with van der Waals surface area (Å²) in [6.07, 6.45) is 0. The lowest BCUT2D eigenvalue weighted by Gasteiger charge is -2.06. The number of rotatable bonds is 4. The molecule has 4 nitrogen and oxygen atoms in total. The van der Waals surface area contributed by atoms with Gasteiger partial charge in [-0.25, -0.2) is 4.79 Å². The first-order valence-corrected chi connectivity index (χ1v) is 5.91. The molecule has 2 aromatic rings. The molecule has 94 valence electrons. The summed E-state index contributed by atoms with van der Waals surface area (Å²) in [5, 5.41) is 3.92. The minimum absolute atomic E-state index is 0.0816. The Bertz CT molecular complexity index is 519. The van der Waals surface area contributed by atoms with E-state index in [2.05, 4.69) is 5.16 Å². The van der Waals surface area contributed by atoms with E-state index in [1.54, 1.807) is 13.0 Å². The third kappa shape index (κ3) is 2.59. The Balaban J connectivity index is 2.17. The molecule has 2 rings (SSSR count). The Hall–Kier alpha value is -2.10. The molecule has 1 heterocycles. The van der Waals surface area contributed by atoms with Crippen molar-refractivity contribution in [3.8, 4) is 0 Å². The summed E-state index contributed by atoms with van der Waals surface area (Å²) in [6, 6.07) is 11.6. The van der Waals surface area contributed by atoms with Crippen LogP contribution < -0.4 is 0 Å². The second-order valence-electron chi connectivity index (χ2n) is 3.97. The predicted octanol–water partition coefficient (Wildman–Crippen LogP) is 3.00. The maximum absolute atomic E-state index is 11.5. The van der Waals surface area contributed by atoms with Crippen LogP contribution in [-0.2, 0) is 4.74 Å². The molecule has 0 spiro atoms. The Labute approximate surface area is 106 Å². The summed E-state index contributed by atoms with van der Waals surface area (Å²) >= 11 is 0. The van der Waals surface area contributed by atoms with E-state index in [0.717, 1.165) is 11.3 Å². The van der Waals surface area contributed by atoms with Gasteiger partial charge in [-0.05, 0) is 12.5 Å². The monoisotopic (exact) mass is 245 g/mol. The minimum atomic E-state index is -0.475. The van der Waals surface area contributed by atoms with E-state index in [4.69, 9.17) is 9.26 Å². The smallest absolute Gasteiger partial charge is 0.377 e. The molecule has 18 heavy (non-hydrogen) atoms. The molecule has 1 atom stereocenters. The fourth-order valence-electron chi connectivity index (χ4n) is 1.70. The maximum atomic E-state index is 11.5. The topological polar surface area (TPSA) is 52.3 Å². The SMILES string of the molecule is CCOC(=O)c1cc([C@H](C)c2ccccc2)no1. The Morgan fingerprint density at radius 3 is 2.78 bits per heavy atom. The van der Waals surface area contributed by atoms with E-state index >= 15 is 0 Å². The zero-order chi connectivity index (χ0) is 13.0. The van der Waals surface area contributed by atoms with Gasteiger partial charge in [0.1, 0.15) is 0 Å². The molecule has 0 aliphatic carbocycles. The average molecular weight is 245 g/mol. The zero-order valence-corrected chi connectivity index (χ0v) is 10.4. The highest BCUT2D eigenvalue weighted by Crippen LogP contribution is 2.23. The summed E-state index contributed by atoms with van der Waals surface area (Å²) in [5.74, 6) is -0.246. The van der Waals surface area contributed by atoms with Crippen LogP contribution >= 0.6 is 0 Å². The van der Waals surface area contributed by atoms with Gasteiger partial charge in [-0.3, -0.25) is 0 Å². The van der Waals surface area contributed by atoms with Crippen molar-refractivity contribution in [2.24, 2.45) is 0 Å². The van der Waals surface area contributed by atoms with Gasteiger partial charge < -0.3 is 9.26 Å². The maximum Gasteiger partial charge on any atom is 0.377 e. The van der Waals surface area contributed by atoms with Gasteiger partial charge in [-0.15, -0.1) is 0 Å². The standard InChI is InChI=1S/C14H15NO3/c1-3-17-14(16)13-9-12(15-18-13)10(2)11-7-5-4-6-8-11/h4-10H,3H2,1-2H3/t10-/m1/s1. The minimum Gasteiger partial charge on any atom is -0.460 e. The third-order valence-electron chi connectivity index (χ3n) is 2.75. The second kappa shape index (κ2) is 5.49. The number of aromatic nitrogens is 1. The van der Waals surface area contributed by atoms with Crippen molar-refractivity contribution in [2.45, 2.75) is 19.8 Å². The summed E-state index contributed by atoms with van der Waals surface area (Å²) in [7, 11) is 0. The van der Waals surface area contributed by atoms with Crippen LogP contribution in [0.3, 0.4) is 0 Å². The van der Waals surface area contributed by atoms with Crippen molar-refractivity contribution in [3.05, 3.63) is 53.4 Å². The molecule has 0 unspecified atom stereocenters. The number of carbonyl (C=O) groups is 1. The Morgan fingerprint density at radius 2 is 2.11 bits per heavy atom. The van der Waals surface area contributed by atoms with Crippen LogP contribution in [0.5, 0.6) is 0 Å². The van der Waals surface area contributed by atoms with Crippen LogP contribution in [0.25, 0.3) is 0 Å². The van der Waals surface area contributed by atoms with Crippen molar-refractivity contribution in [1.82, 2.24) is 5.16 Å². The summed E-state index contributed by atoms with van der Waals surface area (Å²) < 4.78 is 9.85. The van der Waals surface area contributed by atoms with Crippen LogP contribution in [0, 0.1) is 0 Å². The van der Waals surface area contributed by atoms with Crippen LogP contribution in [0.4, 0.5) is 0 Å². The second-order valence-corrected chi connectivity index (χ2v) is 3.97. The lowest BCUT2D eigenvalue weighted by molar-refractivity contribution is 0.0479. The average Bonchev–Trinajstić information content (AvgIpc) is 2.89. The van der Waals surface area contributed by atoms with Crippen LogP contribution in [0.15, 0.2) is 40.9 Å². The molecule has 0 fully saturated rings. The van der Waals surface area contributed by atoms with E-state index < -0.39 is 5.97 Å². The molecule has 0 saturated carbocycles. The van der Waals surface area contributed by atoms with Gasteiger partial charge in [0.15, 0.2) is 0 Å². The van der Waals surface area contributed by atoms with Crippen molar-refractivity contribution in [2.75, 3.05) is 6.61 Å². The highest BCUT2D eigenvalue weighted by atomic mass is 16.6. The van der Waals surface area contributed by atoms with E-state index in [1.165, 1.54) is 0 Å². The van der Waals surface area contributed by atoms with E-state index in [-0.39, 0.29) is 11.7 Å². The van der Waals surface area contributed by atoms with E-state index in [1.807, 2.05) is 37.3 Å². The first kappa shape index (κ1) is 12.4. The van der Waals surface area contributed by atoms with E-state index in [0.29, 0.717) is 6.61 Å². The van der Waals surface area contributed by atoms with Crippen LogP contribution in [0.1, 0.15) is 41.6 Å². The number of carbonyl (C=O) groups excluding carboxylic acids is 1. The van der Waals surface area contributed by atoms with Crippen molar-refractivity contribution >= 4 is 5.97 Å². The molecular formula is C14H15NO3. The normalized spacial score (nSPS) is 12.1. The number of ether oxygens (including phenoxy) is 1. The van der Waals surface area contributed by atoms with Gasteiger partial charge in [0.25, 0.3) is 0 Å². The molecule has 0 saturated heterocycles. The van der Waals surface area contributed by atoms with Crippen molar-refractivity contribution < 1.29 is 14.1 Å². The zero-order valence-electron chi connectivity index (χ0n) is 10.4. The van der Waals surface area contributed by atoms with Gasteiger partial charge in [0.05, 0.1) is 12.3 Å². The molecule has 1 aromatic carbocycles. The van der Waals surface area contributed by atoms with Gasteiger partial charge in [0, 0.05) is 12.0 Å². The molecule has 0 bridgehead atoms. The largest absolute Gasteiger partial charge is 0.460 e. The molecule has 4 heteroatoms. The molecular weight excluding hydrogens is 230 g/mol. The molecule has 0 aliphatic heterocycles. The highest BCUT2D eigenvalue weighted by molar-refractivity contribution is 5.86. The number of benzene rings is 1. The van der Waals surface area contributed by atoms with Crippen molar-refractivity contribution in [3.63, 3.8) is 0 Å². The van der Waals surface area contributed by atoms with E-state index in [9.17, 15) is 4.79 Å². The summed E-state index contributed by atoms with van der Waals surface area (Å²) in [4.78, 5) is 11.5. The molecule has 0 aliphatic rings. The number of hydrogen-bond acceptors (Lipinski definition) is 4. The number of hydrogen-bond donors (Lipinski definition) is 0. The van der Waals surface area contributed by atoms with Gasteiger partial charge >= 0.3 is 5.97 Å². The summed E-state index contributed by atoms with van der Waals surface area (Å²) in [5.41, 5.74) is 1.85. The van der Waals surface area contributed by atoms with Gasteiger partial charge in [0.2, 0.25) is 5.76 Å². The lowest BCUT2D eigenvalue weighted by atomic mass is 9.98. The first-order valence-electron chi connectivity index (χ1n) is 5.91. The quantitative estimate of drug-likeness (QED) is 0.777. The first-order chi connectivity index (χ1) is 8.72. The van der Waals surface area contributed by atoms with Gasteiger partial charge in [-0.1, -0.05) is 42.4 Å². The molecule has 0 amide bonds. The number of esters is 1.